The molecule has 0 bridgehead atoms. The van der Waals surface area contributed by atoms with Crippen molar-refractivity contribution in [2.75, 3.05) is 0 Å². The van der Waals surface area contributed by atoms with Crippen molar-refractivity contribution in [1.29, 1.82) is 0 Å². The maximum absolute atomic E-state index is 4.26. The molecule has 0 aromatic carbocycles. The number of rotatable bonds is 1. The van der Waals surface area contributed by atoms with E-state index in [2.05, 4.69) is 29.0 Å². The Morgan fingerprint density at radius 1 is 1.33 bits per heavy atom. The number of nitrogens with one attached hydrogen (secondary N) is 1. The highest BCUT2D eigenvalue weighted by atomic mass is 15.1. The first-order valence-corrected chi connectivity index (χ1v) is 5.20. The first-order valence-electron chi connectivity index (χ1n) is 5.20. The number of aromatic amines is 1. The van der Waals surface area contributed by atoms with E-state index in [-0.39, 0.29) is 0 Å². The standard InChI is InChI=1S/C9H9N3.C3H8/c1-7-3-2-4-10-9(7)8-5-11-12-6-8;1-3-2/h2-6H,1H3,(H,11,12);3H2,1-2H3. The minimum Gasteiger partial charge on any atom is -0.285 e. The molecule has 2 aromatic heterocycles. The van der Waals surface area contributed by atoms with E-state index in [1.165, 1.54) is 12.0 Å². The zero-order valence-corrected chi connectivity index (χ0v) is 9.49. The molecule has 3 heteroatoms. The number of hydrogen-bond donors (Lipinski definition) is 1. The lowest BCUT2D eigenvalue weighted by Gasteiger charge is -1.98. The summed E-state index contributed by atoms with van der Waals surface area (Å²) in [6.45, 7) is 6.29. The highest BCUT2D eigenvalue weighted by Gasteiger charge is 2.01. The van der Waals surface area contributed by atoms with Gasteiger partial charge >= 0.3 is 0 Å². The summed E-state index contributed by atoms with van der Waals surface area (Å²) in [4.78, 5) is 4.26. The van der Waals surface area contributed by atoms with Gasteiger partial charge in [-0.3, -0.25) is 10.1 Å². The van der Waals surface area contributed by atoms with Gasteiger partial charge in [0.25, 0.3) is 0 Å². The molecule has 0 aliphatic rings. The first kappa shape index (κ1) is 11.4. The van der Waals surface area contributed by atoms with E-state index in [9.17, 15) is 0 Å². The fraction of sp³-hybridized carbons (Fsp3) is 0.333. The maximum atomic E-state index is 4.26. The Hall–Kier alpha value is -1.64. The van der Waals surface area contributed by atoms with Crippen molar-refractivity contribution in [3.8, 4) is 11.3 Å². The number of nitrogens with zero attached hydrogens (tertiary/aromatic N) is 2. The Morgan fingerprint density at radius 2 is 2.07 bits per heavy atom. The fourth-order valence-corrected chi connectivity index (χ4v) is 1.17. The van der Waals surface area contributed by atoms with Crippen LogP contribution in [0.15, 0.2) is 30.7 Å². The molecule has 2 aromatic rings. The molecular formula is C12H17N3. The van der Waals surface area contributed by atoms with Gasteiger partial charge in [0.05, 0.1) is 11.9 Å². The topological polar surface area (TPSA) is 41.6 Å². The second kappa shape index (κ2) is 5.96. The number of H-pyrrole nitrogens is 1. The molecule has 80 valence electrons. The van der Waals surface area contributed by atoms with Crippen molar-refractivity contribution in [3.63, 3.8) is 0 Å². The van der Waals surface area contributed by atoms with Crippen LogP contribution in [0.25, 0.3) is 11.3 Å². The van der Waals surface area contributed by atoms with Gasteiger partial charge in [-0.05, 0) is 18.6 Å². The van der Waals surface area contributed by atoms with Crippen LogP contribution in [0.2, 0.25) is 0 Å². The summed E-state index contributed by atoms with van der Waals surface area (Å²) in [6, 6.07) is 3.97. The highest BCUT2D eigenvalue weighted by Crippen LogP contribution is 2.17. The van der Waals surface area contributed by atoms with Crippen molar-refractivity contribution < 1.29 is 0 Å². The summed E-state index contributed by atoms with van der Waals surface area (Å²) >= 11 is 0. The first-order chi connectivity index (χ1) is 7.29. The van der Waals surface area contributed by atoms with Crippen LogP contribution in [0.4, 0.5) is 0 Å². The molecule has 1 N–H and O–H groups in total. The molecule has 0 aliphatic heterocycles. The molecule has 0 spiro atoms. The summed E-state index contributed by atoms with van der Waals surface area (Å²) in [6.07, 6.45) is 6.65. The van der Waals surface area contributed by atoms with Crippen LogP contribution in [0.1, 0.15) is 25.8 Å². The summed E-state index contributed by atoms with van der Waals surface area (Å²) in [5.74, 6) is 0. The lowest BCUT2D eigenvalue weighted by molar-refractivity contribution is 1.09. The number of pyridine rings is 1. The molecular weight excluding hydrogens is 186 g/mol. The van der Waals surface area contributed by atoms with Gasteiger partial charge in [-0.15, -0.1) is 0 Å². The Labute approximate surface area is 90.6 Å². The molecule has 2 heterocycles. The number of aryl methyl sites for hydroxylation is 1. The minimum absolute atomic E-state index is 0.992. The largest absolute Gasteiger partial charge is 0.285 e. The van der Waals surface area contributed by atoms with Crippen LogP contribution in [-0.2, 0) is 0 Å². The van der Waals surface area contributed by atoms with Crippen LogP contribution < -0.4 is 0 Å². The van der Waals surface area contributed by atoms with Gasteiger partial charge in [-0.25, -0.2) is 0 Å². The highest BCUT2D eigenvalue weighted by molar-refractivity contribution is 5.60. The second-order valence-electron chi connectivity index (χ2n) is 3.36. The monoisotopic (exact) mass is 203 g/mol. The normalized spacial score (nSPS) is 9.27. The Morgan fingerprint density at radius 3 is 2.60 bits per heavy atom. The van der Waals surface area contributed by atoms with Gasteiger partial charge < -0.3 is 0 Å². The van der Waals surface area contributed by atoms with Gasteiger partial charge in [0.15, 0.2) is 0 Å². The Balaban J connectivity index is 0.000000337. The molecule has 0 fully saturated rings. The zero-order valence-electron chi connectivity index (χ0n) is 9.49. The summed E-state index contributed by atoms with van der Waals surface area (Å²) in [5.41, 5.74) is 3.19. The van der Waals surface area contributed by atoms with Crippen LogP contribution in [-0.4, -0.2) is 15.2 Å². The zero-order chi connectivity index (χ0) is 11.1. The van der Waals surface area contributed by atoms with Crippen LogP contribution >= 0.6 is 0 Å². The lowest BCUT2D eigenvalue weighted by atomic mass is 10.1. The molecule has 0 saturated carbocycles. The summed E-state index contributed by atoms with van der Waals surface area (Å²) in [5, 5.41) is 6.64. The van der Waals surface area contributed by atoms with Gasteiger partial charge in [0.2, 0.25) is 0 Å². The molecule has 2 rings (SSSR count). The average molecular weight is 203 g/mol. The van der Waals surface area contributed by atoms with Gasteiger partial charge in [-0.1, -0.05) is 26.3 Å². The van der Waals surface area contributed by atoms with Crippen molar-refractivity contribution in [2.24, 2.45) is 0 Å². The van der Waals surface area contributed by atoms with Crippen LogP contribution in [0.5, 0.6) is 0 Å². The molecule has 0 amide bonds. The van der Waals surface area contributed by atoms with E-state index in [1.807, 2.05) is 25.3 Å². The smallest absolute Gasteiger partial charge is 0.0762 e. The van der Waals surface area contributed by atoms with E-state index in [4.69, 9.17) is 0 Å². The van der Waals surface area contributed by atoms with Crippen molar-refractivity contribution in [3.05, 3.63) is 36.3 Å². The third-order valence-electron chi connectivity index (χ3n) is 1.78. The van der Waals surface area contributed by atoms with Crippen LogP contribution in [0.3, 0.4) is 0 Å². The molecule has 0 atom stereocenters. The van der Waals surface area contributed by atoms with Crippen LogP contribution in [0, 0.1) is 6.92 Å². The van der Waals surface area contributed by atoms with Gasteiger partial charge in [0, 0.05) is 18.0 Å². The Kier molecular flexibility index (Phi) is 4.54. The number of aromatic nitrogens is 3. The van der Waals surface area contributed by atoms with E-state index in [0.29, 0.717) is 0 Å². The van der Waals surface area contributed by atoms with Crippen molar-refractivity contribution in [2.45, 2.75) is 27.2 Å². The molecule has 0 unspecified atom stereocenters. The third-order valence-corrected chi connectivity index (χ3v) is 1.78. The van der Waals surface area contributed by atoms with Crippen molar-refractivity contribution >= 4 is 0 Å². The predicted molar refractivity (Wildman–Crippen MR) is 62.5 cm³/mol. The molecule has 0 aliphatic carbocycles. The number of hydrogen-bond acceptors (Lipinski definition) is 2. The fourth-order valence-electron chi connectivity index (χ4n) is 1.17. The molecule has 15 heavy (non-hydrogen) atoms. The van der Waals surface area contributed by atoms with E-state index in [1.54, 1.807) is 12.4 Å². The molecule has 3 nitrogen and oxygen atoms in total. The second-order valence-corrected chi connectivity index (χ2v) is 3.36. The van der Waals surface area contributed by atoms with E-state index in [0.717, 1.165) is 11.3 Å². The summed E-state index contributed by atoms with van der Waals surface area (Å²) in [7, 11) is 0. The van der Waals surface area contributed by atoms with Gasteiger partial charge in [-0.2, -0.15) is 5.10 Å². The minimum atomic E-state index is 0.992. The SMILES string of the molecule is CCC.Cc1cccnc1-c1cn[nH]c1. The molecule has 0 saturated heterocycles. The van der Waals surface area contributed by atoms with Gasteiger partial charge in [0.1, 0.15) is 0 Å². The maximum Gasteiger partial charge on any atom is 0.0762 e. The van der Waals surface area contributed by atoms with E-state index >= 15 is 0 Å². The third kappa shape index (κ3) is 3.20. The molecule has 0 radical (unpaired) electrons. The quantitative estimate of drug-likeness (QED) is 0.773. The summed E-state index contributed by atoms with van der Waals surface area (Å²) < 4.78 is 0. The van der Waals surface area contributed by atoms with E-state index < -0.39 is 0 Å². The Bertz CT molecular complexity index is 380. The predicted octanol–water partition coefficient (Wildman–Crippen LogP) is 3.20. The van der Waals surface area contributed by atoms with Crippen molar-refractivity contribution in [1.82, 2.24) is 15.2 Å². The average Bonchev–Trinajstić information content (AvgIpc) is 2.72. The lowest BCUT2D eigenvalue weighted by Crippen LogP contribution is -1.84.